The Labute approximate surface area is 173 Å². The van der Waals surface area contributed by atoms with Gasteiger partial charge >= 0.3 is 5.97 Å². The van der Waals surface area contributed by atoms with Gasteiger partial charge in [-0.2, -0.15) is 8.42 Å². The zero-order chi connectivity index (χ0) is 21.0. The average molecular weight is 429 g/mol. The minimum absolute atomic E-state index is 0.0975. The molecule has 1 aliphatic rings. The number of benzene rings is 1. The van der Waals surface area contributed by atoms with Crippen molar-refractivity contribution in [1.29, 1.82) is 0 Å². The molecule has 8 heteroatoms. The lowest BCUT2D eigenvalue weighted by Gasteiger charge is -2.21. The molecule has 164 valence electrons. The number of ether oxygens (including phenoxy) is 3. The van der Waals surface area contributed by atoms with Crippen molar-refractivity contribution in [3.8, 4) is 0 Å². The van der Waals surface area contributed by atoms with Gasteiger partial charge in [-0.25, -0.2) is 4.79 Å². The molecule has 1 aromatic carbocycles. The first-order valence-corrected chi connectivity index (χ1v) is 11.8. The third kappa shape index (κ3) is 9.71. The van der Waals surface area contributed by atoms with Crippen molar-refractivity contribution in [2.75, 3.05) is 33.0 Å². The zero-order valence-corrected chi connectivity index (χ0v) is 17.7. The van der Waals surface area contributed by atoms with Crippen LogP contribution in [0.4, 0.5) is 0 Å². The molecule has 0 radical (unpaired) electrons. The van der Waals surface area contributed by atoms with Gasteiger partial charge in [0.2, 0.25) is 0 Å². The Morgan fingerprint density at radius 3 is 2.17 bits per heavy atom. The maximum Gasteiger partial charge on any atom is 0.338 e. The fourth-order valence-corrected chi connectivity index (χ4v) is 3.95. The molecule has 0 amide bonds. The SMILES string of the molecule is O=C(OCCOCCOCCCCC1CCCCC1)c1ccc(S(=O)(=O)O)cc1. The topological polar surface area (TPSA) is 99.1 Å². The quantitative estimate of drug-likeness (QED) is 0.289. The number of rotatable bonds is 13. The predicted octanol–water partition coefficient (Wildman–Crippen LogP) is 3.87. The van der Waals surface area contributed by atoms with E-state index >= 15 is 0 Å². The van der Waals surface area contributed by atoms with Crippen LogP contribution in [0.3, 0.4) is 0 Å². The summed E-state index contributed by atoms with van der Waals surface area (Å²) < 4.78 is 46.8. The highest BCUT2D eigenvalue weighted by Gasteiger charge is 2.13. The van der Waals surface area contributed by atoms with Crippen LogP contribution >= 0.6 is 0 Å². The lowest BCUT2D eigenvalue weighted by molar-refractivity contribution is 0.0140. The summed E-state index contributed by atoms with van der Waals surface area (Å²) in [5.74, 6) is 0.347. The fourth-order valence-electron chi connectivity index (χ4n) is 3.47. The van der Waals surface area contributed by atoms with Gasteiger partial charge in [0.25, 0.3) is 10.1 Å². The van der Waals surface area contributed by atoms with E-state index in [1.54, 1.807) is 0 Å². The van der Waals surface area contributed by atoms with Crippen LogP contribution in [0, 0.1) is 5.92 Å². The minimum atomic E-state index is -4.27. The van der Waals surface area contributed by atoms with E-state index in [2.05, 4.69) is 0 Å². The molecule has 1 fully saturated rings. The second-order valence-corrected chi connectivity index (χ2v) is 8.78. The molecule has 0 saturated heterocycles. The van der Waals surface area contributed by atoms with E-state index in [-0.39, 0.29) is 23.7 Å². The van der Waals surface area contributed by atoms with Gasteiger partial charge in [0, 0.05) is 6.61 Å². The molecule has 0 bridgehead atoms. The molecular formula is C21H32O7S. The number of hydrogen-bond acceptors (Lipinski definition) is 6. The van der Waals surface area contributed by atoms with Crippen molar-refractivity contribution in [3.63, 3.8) is 0 Å². The highest BCUT2D eigenvalue weighted by atomic mass is 32.2. The monoisotopic (exact) mass is 428 g/mol. The lowest BCUT2D eigenvalue weighted by Crippen LogP contribution is -2.13. The number of esters is 1. The van der Waals surface area contributed by atoms with Crippen LogP contribution in [0.1, 0.15) is 61.7 Å². The highest BCUT2D eigenvalue weighted by molar-refractivity contribution is 7.85. The highest BCUT2D eigenvalue weighted by Crippen LogP contribution is 2.27. The molecule has 29 heavy (non-hydrogen) atoms. The third-order valence-electron chi connectivity index (χ3n) is 5.10. The standard InChI is InChI=1S/C21H32O7S/c22-21(19-9-11-20(12-10-19)29(23,24)25)28-17-16-27-15-14-26-13-5-4-8-18-6-2-1-3-7-18/h9-12,18H,1-8,13-17H2,(H,23,24,25). The molecule has 0 aromatic heterocycles. The van der Waals surface area contributed by atoms with E-state index in [0.717, 1.165) is 31.1 Å². The summed E-state index contributed by atoms with van der Waals surface area (Å²) in [6, 6.07) is 4.87. The largest absolute Gasteiger partial charge is 0.460 e. The fraction of sp³-hybridized carbons (Fsp3) is 0.667. The summed E-state index contributed by atoms with van der Waals surface area (Å²) in [6.45, 7) is 2.09. The van der Waals surface area contributed by atoms with Crippen molar-refractivity contribution in [1.82, 2.24) is 0 Å². The molecule has 7 nitrogen and oxygen atoms in total. The Morgan fingerprint density at radius 1 is 0.897 bits per heavy atom. The first-order valence-electron chi connectivity index (χ1n) is 10.4. The second-order valence-electron chi connectivity index (χ2n) is 7.36. The van der Waals surface area contributed by atoms with Crippen LogP contribution in [0.15, 0.2) is 29.2 Å². The van der Waals surface area contributed by atoms with Crippen LogP contribution in [0.5, 0.6) is 0 Å². The van der Waals surface area contributed by atoms with Gasteiger partial charge in [-0.3, -0.25) is 4.55 Å². The summed E-state index contributed by atoms with van der Waals surface area (Å²) in [4.78, 5) is 11.6. The van der Waals surface area contributed by atoms with Crippen molar-refractivity contribution in [2.45, 2.75) is 56.3 Å². The second kappa shape index (κ2) is 13.0. The van der Waals surface area contributed by atoms with E-state index in [0.29, 0.717) is 13.2 Å². The van der Waals surface area contributed by atoms with Crippen LogP contribution in [0.2, 0.25) is 0 Å². The third-order valence-corrected chi connectivity index (χ3v) is 5.96. The molecule has 0 atom stereocenters. The molecule has 1 N–H and O–H groups in total. The number of carbonyl (C=O) groups excluding carboxylic acids is 1. The summed E-state index contributed by atoms with van der Waals surface area (Å²) in [5.41, 5.74) is 0.203. The maximum absolute atomic E-state index is 11.8. The van der Waals surface area contributed by atoms with E-state index in [9.17, 15) is 13.2 Å². The van der Waals surface area contributed by atoms with Gasteiger partial charge in [-0.15, -0.1) is 0 Å². The molecule has 0 heterocycles. The smallest absolute Gasteiger partial charge is 0.338 e. The average Bonchev–Trinajstić information content (AvgIpc) is 2.72. The van der Waals surface area contributed by atoms with Crippen LogP contribution in [0.25, 0.3) is 0 Å². The Bertz CT molecular complexity index is 694. The van der Waals surface area contributed by atoms with E-state index in [4.69, 9.17) is 18.8 Å². The van der Waals surface area contributed by atoms with Gasteiger partial charge in [0.1, 0.15) is 6.61 Å². The molecule has 1 aromatic rings. The summed E-state index contributed by atoms with van der Waals surface area (Å²) in [5, 5.41) is 0. The lowest BCUT2D eigenvalue weighted by atomic mass is 9.86. The molecule has 1 aliphatic carbocycles. The van der Waals surface area contributed by atoms with E-state index < -0.39 is 16.1 Å². The Kier molecular flexibility index (Phi) is 10.6. The zero-order valence-electron chi connectivity index (χ0n) is 16.9. The molecule has 2 rings (SSSR count). The van der Waals surface area contributed by atoms with Crippen molar-refractivity contribution < 1.29 is 32.0 Å². The molecule has 0 aliphatic heterocycles. The first-order chi connectivity index (χ1) is 14.0. The van der Waals surface area contributed by atoms with Gasteiger partial charge < -0.3 is 14.2 Å². The van der Waals surface area contributed by atoms with Gasteiger partial charge in [-0.1, -0.05) is 44.9 Å². The summed E-state index contributed by atoms with van der Waals surface area (Å²) in [6.07, 6.45) is 10.6. The summed E-state index contributed by atoms with van der Waals surface area (Å²) in [7, 11) is -4.27. The van der Waals surface area contributed by atoms with E-state index in [1.807, 2.05) is 0 Å². The Hall–Kier alpha value is -1.48. The van der Waals surface area contributed by atoms with Crippen molar-refractivity contribution in [3.05, 3.63) is 29.8 Å². The molecular weight excluding hydrogens is 396 g/mol. The van der Waals surface area contributed by atoms with Gasteiger partial charge in [0.15, 0.2) is 0 Å². The number of carbonyl (C=O) groups is 1. The maximum atomic E-state index is 11.8. The van der Waals surface area contributed by atoms with Crippen LogP contribution < -0.4 is 0 Å². The number of unbranched alkanes of at least 4 members (excludes halogenated alkanes) is 1. The summed E-state index contributed by atoms with van der Waals surface area (Å²) >= 11 is 0. The molecule has 0 unspecified atom stereocenters. The number of hydrogen-bond donors (Lipinski definition) is 1. The van der Waals surface area contributed by atoms with Gasteiger partial charge in [0.05, 0.1) is 30.3 Å². The van der Waals surface area contributed by atoms with Gasteiger partial charge in [-0.05, 0) is 36.6 Å². The molecule has 1 saturated carbocycles. The Balaban J connectivity index is 1.43. The first kappa shape index (κ1) is 23.8. The van der Waals surface area contributed by atoms with E-state index in [1.165, 1.54) is 57.1 Å². The van der Waals surface area contributed by atoms with Crippen molar-refractivity contribution >= 4 is 16.1 Å². The minimum Gasteiger partial charge on any atom is -0.460 e. The van der Waals surface area contributed by atoms with Crippen LogP contribution in [-0.2, 0) is 24.3 Å². The predicted molar refractivity (Wildman–Crippen MR) is 109 cm³/mol. The molecule has 0 spiro atoms. The van der Waals surface area contributed by atoms with Crippen molar-refractivity contribution in [2.24, 2.45) is 5.92 Å². The van der Waals surface area contributed by atoms with Crippen LogP contribution in [-0.4, -0.2) is 52.0 Å². The normalized spacial score (nSPS) is 15.3. The Morgan fingerprint density at radius 2 is 1.52 bits per heavy atom.